The van der Waals surface area contributed by atoms with E-state index in [-0.39, 0.29) is 12.4 Å². The molecule has 1 N–H and O–H groups in total. The number of benzene rings is 2. The van der Waals surface area contributed by atoms with Crippen LogP contribution in [0, 0.1) is 6.92 Å². The topological polar surface area (TPSA) is 81.0 Å². The number of hydrogen-bond donors (Lipinski definition) is 1. The van der Waals surface area contributed by atoms with Crippen LogP contribution in [-0.2, 0) is 12.8 Å². The molecule has 0 radical (unpaired) electrons. The highest BCUT2D eigenvalue weighted by Crippen LogP contribution is 2.34. The zero-order valence-electron chi connectivity index (χ0n) is 15.8. The number of aromatic amines is 1. The molecule has 0 aliphatic heterocycles. The molecule has 0 bridgehead atoms. The zero-order chi connectivity index (χ0) is 22.2. The normalized spacial score (nSPS) is 11.6. The Morgan fingerprint density at radius 1 is 1.19 bits per heavy atom. The molecule has 160 valence electrons. The van der Waals surface area contributed by atoms with Gasteiger partial charge in [-0.05, 0) is 37.3 Å². The highest BCUT2D eigenvalue weighted by Gasteiger charge is 2.30. The Bertz CT molecular complexity index is 1280. The van der Waals surface area contributed by atoms with Crippen molar-refractivity contribution in [2.45, 2.75) is 19.7 Å². The van der Waals surface area contributed by atoms with Crippen molar-refractivity contribution < 1.29 is 22.4 Å². The zero-order valence-corrected chi connectivity index (χ0v) is 17.4. The number of nitrogens with zero attached hydrogens (tertiary/aromatic N) is 2. The van der Waals surface area contributed by atoms with Gasteiger partial charge < -0.3 is 4.74 Å². The molecular formula is C20H13ClF3N3O3S. The van der Waals surface area contributed by atoms with Crippen LogP contribution in [0.25, 0.3) is 22.0 Å². The molecule has 2 aromatic heterocycles. The van der Waals surface area contributed by atoms with Crippen molar-refractivity contribution in [1.82, 2.24) is 15.1 Å². The molecule has 2 heterocycles. The fraction of sp³-hybridized carbons (Fsp3) is 0.150. The van der Waals surface area contributed by atoms with Gasteiger partial charge in [-0.15, -0.1) is 11.3 Å². The summed E-state index contributed by atoms with van der Waals surface area (Å²) in [5, 5.41) is 4.51. The van der Waals surface area contributed by atoms with Crippen LogP contribution in [0.5, 0.6) is 5.75 Å². The number of rotatable bonds is 5. The van der Waals surface area contributed by atoms with Crippen LogP contribution in [0.1, 0.15) is 16.1 Å². The summed E-state index contributed by atoms with van der Waals surface area (Å²) in [7, 11) is 0. The van der Waals surface area contributed by atoms with Crippen molar-refractivity contribution >= 4 is 22.9 Å². The van der Waals surface area contributed by atoms with E-state index in [9.17, 15) is 18.0 Å². The minimum Gasteiger partial charge on any atom is -0.488 e. The second-order valence-corrected chi connectivity index (χ2v) is 7.97. The van der Waals surface area contributed by atoms with Crippen LogP contribution in [-0.4, -0.2) is 15.1 Å². The second kappa shape index (κ2) is 8.20. The summed E-state index contributed by atoms with van der Waals surface area (Å²) < 4.78 is 48.5. The van der Waals surface area contributed by atoms with Crippen LogP contribution in [0.4, 0.5) is 13.2 Å². The number of H-pyrrole nitrogens is 1. The molecule has 11 heteroatoms. The molecule has 0 aliphatic carbocycles. The van der Waals surface area contributed by atoms with Crippen molar-refractivity contribution in [2.24, 2.45) is 0 Å². The van der Waals surface area contributed by atoms with Crippen LogP contribution in [0.15, 0.2) is 51.8 Å². The van der Waals surface area contributed by atoms with Gasteiger partial charge in [-0.2, -0.15) is 13.2 Å². The lowest BCUT2D eigenvalue weighted by Crippen LogP contribution is -2.03. The first-order valence-corrected chi connectivity index (χ1v) is 10.0. The van der Waals surface area contributed by atoms with Crippen molar-refractivity contribution in [2.75, 3.05) is 0 Å². The minimum absolute atomic E-state index is 0.209. The number of nitrogens with one attached hydrogen (secondary N) is 1. The molecule has 6 nitrogen and oxygen atoms in total. The van der Waals surface area contributed by atoms with E-state index >= 15 is 0 Å². The van der Waals surface area contributed by atoms with E-state index in [1.807, 2.05) is 0 Å². The van der Waals surface area contributed by atoms with E-state index < -0.39 is 17.5 Å². The summed E-state index contributed by atoms with van der Waals surface area (Å²) in [6.07, 6.45) is -4.38. The maximum absolute atomic E-state index is 12.7. The van der Waals surface area contributed by atoms with E-state index in [0.29, 0.717) is 26.9 Å². The predicted molar refractivity (Wildman–Crippen MR) is 109 cm³/mol. The number of thiazole rings is 1. The van der Waals surface area contributed by atoms with Gasteiger partial charge in [0.25, 0.3) is 0 Å². The Kier molecular flexibility index (Phi) is 5.59. The van der Waals surface area contributed by atoms with Gasteiger partial charge in [0.2, 0.25) is 0 Å². The summed E-state index contributed by atoms with van der Waals surface area (Å²) in [4.78, 5) is 18.8. The Labute approximate surface area is 182 Å². The summed E-state index contributed by atoms with van der Waals surface area (Å²) in [5.41, 5.74) is 1.10. The monoisotopic (exact) mass is 467 g/mol. The van der Waals surface area contributed by atoms with Crippen LogP contribution < -0.4 is 10.5 Å². The van der Waals surface area contributed by atoms with E-state index in [0.717, 1.165) is 22.7 Å². The molecule has 2 aromatic carbocycles. The van der Waals surface area contributed by atoms with Crippen LogP contribution >= 0.6 is 22.9 Å². The van der Waals surface area contributed by atoms with Crippen molar-refractivity contribution in [3.05, 3.63) is 74.2 Å². The summed E-state index contributed by atoms with van der Waals surface area (Å²) in [6, 6.07) is 9.76. The number of aryl methyl sites for hydroxylation is 1. The van der Waals surface area contributed by atoms with Crippen molar-refractivity contribution in [3.8, 4) is 27.7 Å². The summed E-state index contributed by atoms with van der Waals surface area (Å²) in [5.74, 6) is 0.0143. The van der Waals surface area contributed by atoms with E-state index in [2.05, 4.69) is 19.6 Å². The molecular weight excluding hydrogens is 455 g/mol. The molecule has 0 saturated carbocycles. The first-order valence-electron chi connectivity index (χ1n) is 8.83. The fourth-order valence-electron chi connectivity index (χ4n) is 2.76. The summed E-state index contributed by atoms with van der Waals surface area (Å²) in [6.45, 7) is 2.01. The van der Waals surface area contributed by atoms with E-state index in [1.54, 1.807) is 25.1 Å². The molecule has 4 aromatic rings. The van der Waals surface area contributed by atoms with Crippen LogP contribution in [0.2, 0.25) is 5.02 Å². The second-order valence-electron chi connectivity index (χ2n) is 6.48. The third-order valence-electron chi connectivity index (χ3n) is 4.36. The Morgan fingerprint density at radius 2 is 1.94 bits per heavy atom. The van der Waals surface area contributed by atoms with Gasteiger partial charge in [-0.3, -0.25) is 9.51 Å². The summed E-state index contributed by atoms with van der Waals surface area (Å²) >= 11 is 7.58. The lowest BCUT2D eigenvalue weighted by atomic mass is 10.1. The Balaban J connectivity index is 1.48. The molecule has 31 heavy (non-hydrogen) atoms. The highest BCUT2D eigenvalue weighted by atomic mass is 35.5. The molecule has 0 atom stereocenters. The molecule has 0 spiro atoms. The Morgan fingerprint density at radius 3 is 2.55 bits per heavy atom. The molecule has 0 saturated heterocycles. The molecule has 0 aliphatic rings. The molecule has 0 unspecified atom stereocenters. The number of aromatic nitrogens is 3. The van der Waals surface area contributed by atoms with E-state index in [1.165, 1.54) is 23.5 Å². The average molecular weight is 468 g/mol. The first kappa shape index (κ1) is 21.1. The minimum atomic E-state index is -4.38. The highest BCUT2D eigenvalue weighted by molar-refractivity contribution is 7.15. The SMILES string of the molecule is Cc1nc(-c2ccc(C(F)(F)F)cc2)sc1COc1ccc(-c2noc(=O)[nH]2)c(Cl)c1. The van der Waals surface area contributed by atoms with Crippen molar-refractivity contribution in [3.63, 3.8) is 0 Å². The number of ether oxygens (including phenoxy) is 1. The third kappa shape index (κ3) is 4.64. The smallest absolute Gasteiger partial charge is 0.439 e. The lowest BCUT2D eigenvalue weighted by molar-refractivity contribution is -0.137. The Hall–Kier alpha value is -3.11. The van der Waals surface area contributed by atoms with Crippen LogP contribution in [0.3, 0.4) is 0 Å². The number of hydrogen-bond acceptors (Lipinski definition) is 6. The third-order valence-corrected chi connectivity index (χ3v) is 5.85. The maximum Gasteiger partial charge on any atom is 0.439 e. The van der Waals surface area contributed by atoms with Gasteiger partial charge in [0.15, 0.2) is 5.82 Å². The number of halogens is 4. The fourth-order valence-corrected chi connectivity index (χ4v) is 4.00. The van der Waals surface area contributed by atoms with Gasteiger partial charge in [-0.1, -0.05) is 28.9 Å². The van der Waals surface area contributed by atoms with Crippen molar-refractivity contribution in [1.29, 1.82) is 0 Å². The largest absolute Gasteiger partial charge is 0.488 e. The predicted octanol–water partition coefficient (Wildman–Crippen LogP) is 5.71. The van der Waals surface area contributed by atoms with Gasteiger partial charge in [0, 0.05) is 11.1 Å². The van der Waals surface area contributed by atoms with Gasteiger partial charge in [0.05, 0.1) is 21.2 Å². The average Bonchev–Trinajstić information content (AvgIpc) is 3.31. The molecule has 4 rings (SSSR count). The first-order chi connectivity index (χ1) is 14.7. The number of alkyl halides is 3. The quantitative estimate of drug-likeness (QED) is 0.406. The van der Waals surface area contributed by atoms with E-state index in [4.69, 9.17) is 16.3 Å². The lowest BCUT2D eigenvalue weighted by Gasteiger charge is -2.07. The standard InChI is InChI=1S/C20H13ClF3N3O3S/c1-10-16(31-18(25-10)11-2-4-12(5-3-11)20(22,23)24)9-29-13-6-7-14(15(21)8-13)17-26-19(28)30-27-17/h2-8H,9H2,1H3,(H,26,27,28). The molecule has 0 fully saturated rings. The van der Waals surface area contributed by atoms with Gasteiger partial charge in [0.1, 0.15) is 17.4 Å². The van der Waals surface area contributed by atoms with Gasteiger partial charge >= 0.3 is 11.9 Å². The maximum atomic E-state index is 12.7. The van der Waals surface area contributed by atoms with Gasteiger partial charge in [-0.25, -0.2) is 9.78 Å². The molecule has 0 amide bonds.